The molecule has 1 amide bonds. The number of hydrogen-bond donors (Lipinski definition) is 1. The highest BCUT2D eigenvalue weighted by molar-refractivity contribution is 5.94. The highest BCUT2D eigenvalue weighted by atomic mass is 16.1. The normalized spacial score (nSPS) is 15.7. The van der Waals surface area contributed by atoms with Crippen molar-refractivity contribution in [1.29, 1.82) is 0 Å². The molecule has 1 saturated carbocycles. The molecule has 0 aliphatic heterocycles. The number of carbonyl (C=O) groups is 1. The van der Waals surface area contributed by atoms with Crippen LogP contribution in [0, 0.1) is 11.8 Å². The standard InChI is InChI=1S/C31H36N4O/c1-23(35-22-29(25-12-3-2-4-13-25)28-18-10-20-33-30(28)35)11-9-17-27(24-14-5-6-15-24)31(36)34-21-26-16-7-8-19-32-26/h2-4,7-8,10,12-13,16,18-20,22-24,27H,5-6,9,11,14-15,17,21H2,1H3,(H,34,36). The van der Waals surface area contributed by atoms with Gasteiger partial charge in [0.15, 0.2) is 0 Å². The van der Waals surface area contributed by atoms with E-state index < -0.39 is 0 Å². The molecule has 1 aliphatic carbocycles. The number of aromatic nitrogens is 3. The van der Waals surface area contributed by atoms with Crippen molar-refractivity contribution in [3.05, 3.63) is 84.9 Å². The molecule has 3 aromatic heterocycles. The maximum Gasteiger partial charge on any atom is 0.223 e. The zero-order chi connectivity index (χ0) is 24.7. The summed E-state index contributed by atoms with van der Waals surface area (Å²) >= 11 is 0. The zero-order valence-electron chi connectivity index (χ0n) is 21.1. The summed E-state index contributed by atoms with van der Waals surface area (Å²) in [7, 11) is 0. The molecular formula is C31H36N4O. The minimum absolute atomic E-state index is 0.0859. The highest BCUT2D eigenvalue weighted by Gasteiger charge is 2.30. The summed E-state index contributed by atoms with van der Waals surface area (Å²) in [6, 6.07) is 20.9. The van der Waals surface area contributed by atoms with E-state index in [1.807, 2.05) is 30.5 Å². The first-order valence-corrected chi connectivity index (χ1v) is 13.4. The lowest BCUT2D eigenvalue weighted by Crippen LogP contribution is -2.34. The number of pyridine rings is 2. The van der Waals surface area contributed by atoms with Gasteiger partial charge in [0.05, 0.1) is 12.2 Å². The Kier molecular flexibility index (Phi) is 7.75. The monoisotopic (exact) mass is 480 g/mol. The molecule has 4 aromatic rings. The highest BCUT2D eigenvalue weighted by Crippen LogP contribution is 2.36. The van der Waals surface area contributed by atoms with Gasteiger partial charge in [-0.2, -0.15) is 0 Å². The molecule has 1 fully saturated rings. The van der Waals surface area contributed by atoms with Crippen molar-refractivity contribution in [1.82, 2.24) is 19.9 Å². The fourth-order valence-corrected chi connectivity index (χ4v) is 5.79. The molecule has 5 rings (SSSR count). The lowest BCUT2D eigenvalue weighted by atomic mass is 9.85. The van der Waals surface area contributed by atoms with Crippen molar-refractivity contribution in [2.45, 2.75) is 64.5 Å². The largest absolute Gasteiger partial charge is 0.350 e. The van der Waals surface area contributed by atoms with Crippen LogP contribution >= 0.6 is 0 Å². The van der Waals surface area contributed by atoms with Gasteiger partial charge in [0, 0.05) is 41.5 Å². The molecule has 3 heterocycles. The van der Waals surface area contributed by atoms with E-state index in [9.17, 15) is 4.79 Å². The van der Waals surface area contributed by atoms with Crippen molar-refractivity contribution >= 4 is 16.9 Å². The van der Waals surface area contributed by atoms with Crippen LogP contribution in [-0.2, 0) is 11.3 Å². The summed E-state index contributed by atoms with van der Waals surface area (Å²) in [5, 5.41) is 4.36. The van der Waals surface area contributed by atoms with Gasteiger partial charge in [-0.25, -0.2) is 4.98 Å². The summed E-state index contributed by atoms with van der Waals surface area (Å²) in [5.41, 5.74) is 4.38. The zero-order valence-corrected chi connectivity index (χ0v) is 21.1. The van der Waals surface area contributed by atoms with E-state index in [2.05, 4.69) is 64.4 Å². The molecule has 36 heavy (non-hydrogen) atoms. The number of carbonyl (C=O) groups excluding carboxylic acids is 1. The van der Waals surface area contributed by atoms with E-state index in [4.69, 9.17) is 4.98 Å². The summed E-state index contributed by atoms with van der Waals surface area (Å²) in [5.74, 6) is 0.783. The van der Waals surface area contributed by atoms with Crippen molar-refractivity contribution in [2.24, 2.45) is 11.8 Å². The summed E-state index contributed by atoms with van der Waals surface area (Å²) in [4.78, 5) is 22.3. The average molecular weight is 481 g/mol. The molecule has 5 nitrogen and oxygen atoms in total. The second kappa shape index (κ2) is 11.5. The molecule has 186 valence electrons. The first kappa shape index (κ1) is 24.2. The predicted molar refractivity (Wildman–Crippen MR) is 145 cm³/mol. The first-order valence-electron chi connectivity index (χ1n) is 13.4. The van der Waals surface area contributed by atoms with Gasteiger partial charge in [-0.3, -0.25) is 9.78 Å². The number of nitrogens with one attached hydrogen (secondary N) is 1. The Labute approximate surface area is 214 Å². The molecule has 0 saturated heterocycles. The fraction of sp³-hybridized carbons (Fsp3) is 0.387. The van der Waals surface area contributed by atoms with Crippen LogP contribution in [0.4, 0.5) is 0 Å². The van der Waals surface area contributed by atoms with E-state index in [1.54, 1.807) is 6.20 Å². The third-order valence-electron chi connectivity index (χ3n) is 7.76. The van der Waals surface area contributed by atoms with E-state index in [1.165, 1.54) is 42.2 Å². The Morgan fingerprint density at radius 3 is 2.53 bits per heavy atom. The molecule has 1 aromatic carbocycles. The van der Waals surface area contributed by atoms with Crippen LogP contribution in [0.25, 0.3) is 22.2 Å². The Hall–Kier alpha value is -3.47. The molecule has 1 aliphatic rings. The predicted octanol–water partition coefficient (Wildman–Crippen LogP) is 6.95. The van der Waals surface area contributed by atoms with Crippen LogP contribution in [0.1, 0.15) is 63.6 Å². The number of nitrogens with zero attached hydrogens (tertiary/aromatic N) is 3. The fourth-order valence-electron chi connectivity index (χ4n) is 5.79. The number of rotatable bonds is 10. The van der Waals surface area contributed by atoms with Crippen LogP contribution in [0.3, 0.4) is 0 Å². The number of amides is 1. The summed E-state index contributed by atoms with van der Waals surface area (Å²) in [6.45, 7) is 2.77. The molecule has 2 atom stereocenters. The Bertz CT molecular complexity index is 1260. The quantitative estimate of drug-likeness (QED) is 0.267. The molecule has 0 spiro atoms. The van der Waals surface area contributed by atoms with Gasteiger partial charge < -0.3 is 9.88 Å². The second-order valence-electron chi connectivity index (χ2n) is 10.2. The van der Waals surface area contributed by atoms with Gasteiger partial charge in [-0.1, -0.05) is 55.7 Å². The lowest BCUT2D eigenvalue weighted by Gasteiger charge is -2.23. The van der Waals surface area contributed by atoms with Gasteiger partial charge in [0.25, 0.3) is 0 Å². The smallest absolute Gasteiger partial charge is 0.223 e. The van der Waals surface area contributed by atoms with Gasteiger partial charge in [-0.05, 0) is 68.4 Å². The Morgan fingerprint density at radius 2 is 1.75 bits per heavy atom. The average Bonchev–Trinajstić information content (AvgIpc) is 3.59. The Balaban J connectivity index is 1.26. The van der Waals surface area contributed by atoms with Crippen molar-refractivity contribution in [3.63, 3.8) is 0 Å². The molecule has 5 heteroatoms. The van der Waals surface area contributed by atoms with Crippen LogP contribution in [-0.4, -0.2) is 20.4 Å². The SMILES string of the molecule is CC(CCCC(C(=O)NCc1ccccn1)C1CCCC1)n1cc(-c2ccccc2)c2cccnc21. The second-order valence-corrected chi connectivity index (χ2v) is 10.2. The maximum atomic E-state index is 13.2. The minimum Gasteiger partial charge on any atom is -0.350 e. The summed E-state index contributed by atoms with van der Waals surface area (Å²) < 4.78 is 2.32. The number of hydrogen-bond acceptors (Lipinski definition) is 3. The van der Waals surface area contributed by atoms with Crippen molar-refractivity contribution in [2.75, 3.05) is 0 Å². The van der Waals surface area contributed by atoms with E-state index >= 15 is 0 Å². The molecule has 1 N–H and O–H groups in total. The third kappa shape index (κ3) is 5.51. The van der Waals surface area contributed by atoms with Crippen molar-refractivity contribution in [3.8, 4) is 11.1 Å². The number of benzene rings is 1. The van der Waals surface area contributed by atoms with E-state index in [0.717, 1.165) is 30.6 Å². The van der Waals surface area contributed by atoms with Gasteiger partial charge >= 0.3 is 0 Å². The van der Waals surface area contributed by atoms with Crippen LogP contribution in [0.5, 0.6) is 0 Å². The summed E-state index contributed by atoms with van der Waals surface area (Å²) in [6.07, 6.45) is 13.7. The molecule has 0 bridgehead atoms. The van der Waals surface area contributed by atoms with Gasteiger partial charge in [-0.15, -0.1) is 0 Å². The van der Waals surface area contributed by atoms with Crippen molar-refractivity contribution < 1.29 is 4.79 Å². The van der Waals surface area contributed by atoms with Crippen LogP contribution < -0.4 is 5.32 Å². The molecule has 0 radical (unpaired) electrons. The van der Waals surface area contributed by atoms with Crippen LogP contribution in [0.15, 0.2) is 79.3 Å². The first-order chi connectivity index (χ1) is 17.7. The van der Waals surface area contributed by atoms with Crippen LogP contribution in [0.2, 0.25) is 0 Å². The van der Waals surface area contributed by atoms with E-state index in [-0.39, 0.29) is 11.8 Å². The lowest BCUT2D eigenvalue weighted by molar-refractivity contribution is -0.127. The topological polar surface area (TPSA) is 59.8 Å². The third-order valence-corrected chi connectivity index (χ3v) is 7.76. The molecule has 2 unspecified atom stereocenters. The van der Waals surface area contributed by atoms with Gasteiger partial charge in [0.2, 0.25) is 5.91 Å². The maximum absolute atomic E-state index is 13.2. The molecular weight excluding hydrogens is 444 g/mol. The Morgan fingerprint density at radius 1 is 0.972 bits per heavy atom. The number of fused-ring (bicyclic) bond motifs is 1. The van der Waals surface area contributed by atoms with Gasteiger partial charge in [0.1, 0.15) is 5.65 Å². The minimum atomic E-state index is 0.0859. The van der Waals surface area contributed by atoms with E-state index in [0.29, 0.717) is 18.5 Å².